The normalized spacial score (nSPS) is 14.3. The monoisotopic (exact) mass is 247 g/mol. The van der Waals surface area contributed by atoms with E-state index in [1.54, 1.807) is 18.2 Å². The molecule has 0 aliphatic carbocycles. The van der Waals surface area contributed by atoms with Crippen LogP contribution in [0.15, 0.2) is 24.8 Å². The van der Waals surface area contributed by atoms with Gasteiger partial charge in [-0.25, -0.2) is 0 Å². The number of fused-ring (bicyclic) bond motifs is 1. The Hall–Kier alpha value is -0.900. The standard InChI is InChI=1S/C10H10ClNO2.ClH/c1-2-8(12)6-3-9-10(4-7(6)11)14-5-13-9;/h2-4,8H,1,5,12H2;1H/t8-;/m1./s1. The van der Waals surface area contributed by atoms with Crippen molar-refractivity contribution in [3.8, 4) is 11.5 Å². The summed E-state index contributed by atoms with van der Waals surface area (Å²) in [7, 11) is 0. The van der Waals surface area contributed by atoms with Crippen molar-refractivity contribution >= 4 is 24.0 Å². The van der Waals surface area contributed by atoms with Gasteiger partial charge in [0.2, 0.25) is 6.79 Å². The molecule has 15 heavy (non-hydrogen) atoms. The molecule has 5 heteroatoms. The molecule has 0 saturated heterocycles. The predicted molar refractivity (Wildman–Crippen MR) is 61.9 cm³/mol. The van der Waals surface area contributed by atoms with Crippen molar-refractivity contribution in [1.29, 1.82) is 0 Å². The molecule has 1 heterocycles. The molecular weight excluding hydrogens is 237 g/mol. The van der Waals surface area contributed by atoms with Crippen molar-refractivity contribution in [3.05, 3.63) is 35.4 Å². The van der Waals surface area contributed by atoms with Crippen LogP contribution in [0.3, 0.4) is 0 Å². The highest BCUT2D eigenvalue weighted by Gasteiger charge is 2.18. The Bertz CT molecular complexity index is 382. The van der Waals surface area contributed by atoms with Gasteiger partial charge in [-0.05, 0) is 11.6 Å². The van der Waals surface area contributed by atoms with E-state index in [9.17, 15) is 0 Å². The fraction of sp³-hybridized carbons (Fsp3) is 0.200. The molecule has 0 aromatic heterocycles. The molecule has 1 aromatic rings. The Kier molecular flexibility index (Phi) is 3.85. The summed E-state index contributed by atoms with van der Waals surface area (Å²) in [6.07, 6.45) is 1.63. The van der Waals surface area contributed by atoms with Gasteiger partial charge in [0.15, 0.2) is 11.5 Å². The molecule has 0 radical (unpaired) electrons. The van der Waals surface area contributed by atoms with Crippen LogP contribution in [-0.2, 0) is 0 Å². The Balaban J connectivity index is 0.00000112. The molecule has 1 atom stereocenters. The molecule has 1 aliphatic heterocycles. The molecule has 0 saturated carbocycles. The first-order valence-corrected chi connectivity index (χ1v) is 4.57. The lowest BCUT2D eigenvalue weighted by Gasteiger charge is -2.09. The number of hydrogen-bond acceptors (Lipinski definition) is 3. The summed E-state index contributed by atoms with van der Waals surface area (Å²) in [6, 6.07) is 3.22. The zero-order valence-electron chi connectivity index (χ0n) is 7.90. The lowest BCUT2D eigenvalue weighted by atomic mass is 10.1. The lowest BCUT2D eigenvalue weighted by Crippen LogP contribution is -2.06. The Morgan fingerprint density at radius 1 is 1.40 bits per heavy atom. The average Bonchev–Trinajstić information content (AvgIpc) is 2.62. The van der Waals surface area contributed by atoms with E-state index in [1.165, 1.54) is 0 Å². The summed E-state index contributed by atoms with van der Waals surface area (Å²) in [5.41, 5.74) is 6.59. The van der Waals surface area contributed by atoms with E-state index in [1.807, 2.05) is 0 Å². The molecule has 0 fully saturated rings. The number of hydrogen-bond donors (Lipinski definition) is 1. The van der Waals surface area contributed by atoms with E-state index in [4.69, 9.17) is 26.8 Å². The highest BCUT2D eigenvalue weighted by molar-refractivity contribution is 6.31. The minimum absolute atomic E-state index is 0. The van der Waals surface area contributed by atoms with Gasteiger partial charge < -0.3 is 15.2 Å². The van der Waals surface area contributed by atoms with Crippen LogP contribution in [0.5, 0.6) is 11.5 Å². The van der Waals surface area contributed by atoms with Crippen molar-refractivity contribution in [3.63, 3.8) is 0 Å². The molecule has 3 nitrogen and oxygen atoms in total. The molecule has 0 spiro atoms. The Labute approximate surface area is 99.2 Å². The summed E-state index contributed by atoms with van der Waals surface area (Å²) < 4.78 is 10.4. The van der Waals surface area contributed by atoms with Gasteiger partial charge >= 0.3 is 0 Å². The van der Waals surface area contributed by atoms with Crippen LogP contribution in [0.25, 0.3) is 0 Å². The average molecular weight is 248 g/mol. The van der Waals surface area contributed by atoms with Gasteiger partial charge in [-0.2, -0.15) is 0 Å². The van der Waals surface area contributed by atoms with E-state index in [-0.39, 0.29) is 25.2 Å². The minimum atomic E-state index is -0.281. The van der Waals surface area contributed by atoms with Crippen LogP contribution in [0.1, 0.15) is 11.6 Å². The highest BCUT2D eigenvalue weighted by atomic mass is 35.5. The number of halogens is 2. The molecule has 1 aromatic carbocycles. The smallest absolute Gasteiger partial charge is 0.231 e. The highest BCUT2D eigenvalue weighted by Crippen LogP contribution is 2.38. The van der Waals surface area contributed by atoms with Crippen molar-refractivity contribution in [1.82, 2.24) is 0 Å². The first-order chi connectivity index (χ1) is 6.72. The molecular formula is C10H11Cl2NO2. The largest absolute Gasteiger partial charge is 0.454 e. The third-order valence-electron chi connectivity index (χ3n) is 2.10. The van der Waals surface area contributed by atoms with Gasteiger partial charge in [0.1, 0.15) is 0 Å². The quantitative estimate of drug-likeness (QED) is 0.818. The van der Waals surface area contributed by atoms with Crippen molar-refractivity contribution in [2.75, 3.05) is 6.79 Å². The van der Waals surface area contributed by atoms with Gasteiger partial charge in [0.25, 0.3) is 0 Å². The van der Waals surface area contributed by atoms with Crippen molar-refractivity contribution in [2.45, 2.75) is 6.04 Å². The second kappa shape index (κ2) is 4.75. The van der Waals surface area contributed by atoms with Gasteiger partial charge in [-0.15, -0.1) is 19.0 Å². The number of rotatable bonds is 2. The van der Waals surface area contributed by atoms with Crippen LogP contribution in [0, 0.1) is 0 Å². The number of nitrogens with two attached hydrogens (primary N) is 1. The van der Waals surface area contributed by atoms with Crippen LogP contribution >= 0.6 is 24.0 Å². The predicted octanol–water partition coefficient (Wildman–Crippen LogP) is 2.68. The summed E-state index contributed by atoms with van der Waals surface area (Å²) in [5, 5.41) is 0.571. The second-order valence-electron chi connectivity index (χ2n) is 2.99. The Morgan fingerprint density at radius 2 is 2.00 bits per heavy atom. The zero-order chi connectivity index (χ0) is 10.1. The third-order valence-corrected chi connectivity index (χ3v) is 2.43. The maximum atomic E-state index is 6.02. The molecule has 0 amide bonds. The molecule has 1 aliphatic rings. The van der Waals surface area contributed by atoms with Crippen LogP contribution in [0.4, 0.5) is 0 Å². The zero-order valence-corrected chi connectivity index (χ0v) is 9.48. The molecule has 2 rings (SSSR count). The Morgan fingerprint density at radius 3 is 2.60 bits per heavy atom. The maximum Gasteiger partial charge on any atom is 0.231 e. The van der Waals surface area contributed by atoms with E-state index < -0.39 is 0 Å². The van der Waals surface area contributed by atoms with E-state index in [0.29, 0.717) is 16.5 Å². The summed E-state index contributed by atoms with van der Waals surface area (Å²) in [6.45, 7) is 3.85. The minimum Gasteiger partial charge on any atom is -0.454 e. The van der Waals surface area contributed by atoms with E-state index in [0.717, 1.165) is 5.56 Å². The third kappa shape index (κ3) is 2.20. The van der Waals surface area contributed by atoms with Gasteiger partial charge in [0.05, 0.1) is 0 Å². The molecule has 2 N–H and O–H groups in total. The summed E-state index contributed by atoms with van der Waals surface area (Å²) in [4.78, 5) is 0. The van der Waals surface area contributed by atoms with Crippen LogP contribution in [0.2, 0.25) is 5.02 Å². The summed E-state index contributed by atoms with van der Waals surface area (Å²) >= 11 is 6.02. The molecule has 0 unspecified atom stereocenters. The van der Waals surface area contributed by atoms with Gasteiger partial charge in [0, 0.05) is 17.1 Å². The first kappa shape index (κ1) is 12.2. The van der Waals surface area contributed by atoms with Crippen LogP contribution in [-0.4, -0.2) is 6.79 Å². The van der Waals surface area contributed by atoms with E-state index in [2.05, 4.69) is 6.58 Å². The van der Waals surface area contributed by atoms with Crippen molar-refractivity contribution < 1.29 is 9.47 Å². The summed E-state index contributed by atoms with van der Waals surface area (Å²) in [5.74, 6) is 1.34. The van der Waals surface area contributed by atoms with E-state index >= 15 is 0 Å². The van der Waals surface area contributed by atoms with Gasteiger partial charge in [-0.3, -0.25) is 0 Å². The second-order valence-corrected chi connectivity index (χ2v) is 3.40. The lowest BCUT2D eigenvalue weighted by molar-refractivity contribution is 0.174. The SMILES string of the molecule is C=C[C@@H](N)c1cc2c(cc1Cl)OCO2.Cl. The fourth-order valence-corrected chi connectivity index (χ4v) is 1.59. The first-order valence-electron chi connectivity index (χ1n) is 4.19. The maximum absolute atomic E-state index is 6.02. The molecule has 82 valence electrons. The topological polar surface area (TPSA) is 44.5 Å². The fourth-order valence-electron chi connectivity index (χ4n) is 1.32. The van der Waals surface area contributed by atoms with Gasteiger partial charge in [-0.1, -0.05) is 17.7 Å². The molecule has 0 bridgehead atoms. The number of ether oxygens (including phenoxy) is 2. The van der Waals surface area contributed by atoms with Crippen LogP contribution < -0.4 is 15.2 Å². The van der Waals surface area contributed by atoms with Crippen molar-refractivity contribution in [2.24, 2.45) is 5.73 Å². The number of benzene rings is 1.